The van der Waals surface area contributed by atoms with Crippen molar-refractivity contribution in [2.45, 2.75) is 45.6 Å². The minimum atomic E-state index is -0.522. The van der Waals surface area contributed by atoms with E-state index in [0.29, 0.717) is 5.69 Å². The van der Waals surface area contributed by atoms with E-state index in [1.54, 1.807) is 6.07 Å². The van der Waals surface area contributed by atoms with Crippen molar-refractivity contribution in [1.29, 1.82) is 5.26 Å². The second kappa shape index (κ2) is 7.37. The van der Waals surface area contributed by atoms with Crippen molar-refractivity contribution >= 4 is 11.4 Å². The molecule has 1 N–H and O–H groups in total. The fourth-order valence-electron chi connectivity index (χ4n) is 1.92. The summed E-state index contributed by atoms with van der Waals surface area (Å²) in [4.78, 5) is 10.3. The summed E-state index contributed by atoms with van der Waals surface area (Å²) in [6.45, 7) is 4.21. The van der Waals surface area contributed by atoms with E-state index >= 15 is 0 Å². The van der Waals surface area contributed by atoms with Gasteiger partial charge in [-0.1, -0.05) is 26.2 Å². The SMILES string of the molecule is CCCCCC(C)Nc1ccc(C#N)c([N+](=O)[O-])c1. The van der Waals surface area contributed by atoms with Crippen LogP contribution in [0, 0.1) is 21.4 Å². The monoisotopic (exact) mass is 261 g/mol. The van der Waals surface area contributed by atoms with Crippen LogP contribution in [0.5, 0.6) is 0 Å². The molecule has 19 heavy (non-hydrogen) atoms. The molecular formula is C14H19N3O2. The zero-order valence-electron chi connectivity index (χ0n) is 11.3. The van der Waals surface area contributed by atoms with Gasteiger partial charge in [0.25, 0.3) is 5.69 Å². The van der Waals surface area contributed by atoms with Crippen molar-refractivity contribution in [1.82, 2.24) is 0 Å². The van der Waals surface area contributed by atoms with E-state index in [9.17, 15) is 10.1 Å². The molecule has 102 valence electrons. The lowest BCUT2D eigenvalue weighted by Crippen LogP contribution is -2.15. The Bertz CT molecular complexity index is 480. The Morgan fingerprint density at radius 2 is 2.21 bits per heavy atom. The molecule has 1 atom stereocenters. The third-order valence-corrected chi connectivity index (χ3v) is 2.97. The molecule has 0 aliphatic heterocycles. The predicted molar refractivity (Wildman–Crippen MR) is 75.0 cm³/mol. The molecule has 0 heterocycles. The number of unbranched alkanes of at least 4 members (excludes halogenated alkanes) is 2. The van der Waals surface area contributed by atoms with E-state index in [-0.39, 0.29) is 17.3 Å². The van der Waals surface area contributed by atoms with Crippen molar-refractivity contribution < 1.29 is 4.92 Å². The maximum absolute atomic E-state index is 10.9. The number of hydrogen-bond donors (Lipinski definition) is 1. The largest absolute Gasteiger partial charge is 0.382 e. The van der Waals surface area contributed by atoms with E-state index in [4.69, 9.17) is 5.26 Å². The van der Waals surface area contributed by atoms with Crippen LogP contribution in [0.1, 0.15) is 45.1 Å². The second-order valence-electron chi connectivity index (χ2n) is 4.64. The van der Waals surface area contributed by atoms with Crippen molar-refractivity contribution in [3.63, 3.8) is 0 Å². The molecule has 0 aliphatic carbocycles. The number of benzene rings is 1. The fourth-order valence-corrected chi connectivity index (χ4v) is 1.92. The van der Waals surface area contributed by atoms with Gasteiger partial charge in [0.15, 0.2) is 0 Å². The number of rotatable bonds is 7. The van der Waals surface area contributed by atoms with Crippen LogP contribution in [-0.2, 0) is 0 Å². The number of anilines is 1. The van der Waals surface area contributed by atoms with Crippen LogP contribution in [-0.4, -0.2) is 11.0 Å². The van der Waals surface area contributed by atoms with Crippen molar-refractivity contribution in [2.75, 3.05) is 5.32 Å². The van der Waals surface area contributed by atoms with E-state index in [1.807, 2.05) is 6.07 Å². The molecule has 1 unspecified atom stereocenters. The Hall–Kier alpha value is -2.09. The average Bonchev–Trinajstić information content (AvgIpc) is 2.39. The maximum Gasteiger partial charge on any atom is 0.289 e. The third kappa shape index (κ3) is 4.59. The summed E-state index contributed by atoms with van der Waals surface area (Å²) in [7, 11) is 0. The molecule has 0 aliphatic rings. The van der Waals surface area contributed by atoms with Gasteiger partial charge in [0.05, 0.1) is 4.92 Å². The molecule has 1 rings (SSSR count). The number of nitro benzene ring substituents is 1. The molecule has 0 amide bonds. The van der Waals surface area contributed by atoms with Crippen LogP contribution < -0.4 is 5.32 Å². The van der Waals surface area contributed by atoms with Gasteiger partial charge in [0, 0.05) is 17.8 Å². The number of nitro groups is 1. The lowest BCUT2D eigenvalue weighted by Gasteiger charge is -2.15. The highest BCUT2D eigenvalue weighted by atomic mass is 16.6. The summed E-state index contributed by atoms with van der Waals surface area (Å²) in [6, 6.07) is 6.71. The molecule has 5 nitrogen and oxygen atoms in total. The molecule has 5 heteroatoms. The van der Waals surface area contributed by atoms with Crippen molar-refractivity contribution in [2.24, 2.45) is 0 Å². The zero-order valence-corrected chi connectivity index (χ0v) is 11.3. The number of nitrogens with one attached hydrogen (secondary N) is 1. The summed E-state index contributed by atoms with van der Waals surface area (Å²) >= 11 is 0. The van der Waals surface area contributed by atoms with Crippen molar-refractivity contribution in [3.05, 3.63) is 33.9 Å². The summed E-state index contributed by atoms with van der Waals surface area (Å²) in [5.41, 5.74) is 0.636. The zero-order chi connectivity index (χ0) is 14.3. The van der Waals surface area contributed by atoms with Gasteiger partial charge in [-0.15, -0.1) is 0 Å². The minimum Gasteiger partial charge on any atom is -0.382 e. The first-order chi connectivity index (χ1) is 9.08. The maximum atomic E-state index is 10.9. The van der Waals surface area contributed by atoms with Gasteiger partial charge in [-0.3, -0.25) is 10.1 Å². The first-order valence-corrected chi connectivity index (χ1v) is 6.53. The van der Waals surface area contributed by atoms with Gasteiger partial charge in [0.2, 0.25) is 0 Å². The highest BCUT2D eigenvalue weighted by Gasteiger charge is 2.14. The standard InChI is InChI=1S/C14H19N3O2/c1-3-4-5-6-11(2)16-13-8-7-12(10-15)14(9-13)17(18)19/h7-9,11,16H,3-6H2,1-2H3. The Labute approximate surface area is 113 Å². The van der Waals surface area contributed by atoms with Crippen LogP contribution in [0.4, 0.5) is 11.4 Å². The topological polar surface area (TPSA) is 79.0 Å². The van der Waals surface area contributed by atoms with Gasteiger partial charge >= 0.3 is 0 Å². The summed E-state index contributed by atoms with van der Waals surface area (Å²) in [6.07, 6.45) is 4.54. The van der Waals surface area contributed by atoms with E-state index in [2.05, 4.69) is 19.2 Å². The lowest BCUT2D eigenvalue weighted by atomic mass is 10.1. The van der Waals surface area contributed by atoms with E-state index in [1.165, 1.54) is 25.0 Å². The molecule has 1 aromatic carbocycles. The molecule has 1 aromatic rings. The van der Waals surface area contributed by atoms with Gasteiger partial charge in [-0.2, -0.15) is 5.26 Å². The number of hydrogen-bond acceptors (Lipinski definition) is 4. The lowest BCUT2D eigenvalue weighted by molar-refractivity contribution is -0.385. The highest BCUT2D eigenvalue weighted by molar-refractivity contribution is 5.59. The second-order valence-corrected chi connectivity index (χ2v) is 4.64. The molecule has 0 fully saturated rings. The summed E-state index contributed by atoms with van der Waals surface area (Å²) in [5.74, 6) is 0. The Balaban J connectivity index is 2.72. The Morgan fingerprint density at radius 1 is 1.47 bits per heavy atom. The van der Waals surface area contributed by atoms with Crippen LogP contribution in [0.3, 0.4) is 0 Å². The molecule has 0 saturated heterocycles. The number of nitrogens with zero attached hydrogens (tertiary/aromatic N) is 2. The predicted octanol–water partition coefficient (Wildman–Crippen LogP) is 3.85. The Kier molecular flexibility index (Phi) is 5.80. The summed E-state index contributed by atoms with van der Waals surface area (Å²) in [5, 5.41) is 22.9. The minimum absolute atomic E-state index is 0.0918. The first-order valence-electron chi connectivity index (χ1n) is 6.53. The highest BCUT2D eigenvalue weighted by Crippen LogP contribution is 2.23. The molecular weight excluding hydrogens is 242 g/mol. The fraction of sp³-hybridized carbons (Fsp3) is 0.500. The molecule has 0 saturated carbocycles. The Morgan fingerprint density at radius 3 is 2.79 bits per heavy atom. The first kappa shape index (κ1) is 15.0. The smallest absolute Gasteiger partial charge is 0.289 e. The average molecular weight is 261 g/mol. The normalized spacial score (nSPS) is 11.6. The van der Waals surface area contributed by atoms with Crippen LogP contribution in [0.15, 0.2) is 18.2 Å². The summed E-state index contributed by atoms with van der Waals surface area (Å²) < 4.78 is 0. The van der Waals surface area contributed by atoms with E-state index in [0.717, 1.165) is 12.8 Å². The molecule has 0 aromatic heterocycles. The van der Waals surface area contributed by atoms with Gasteiger partial charge in [0.1, 0.15) is 11.6 Å². The van der Waals surface area contributed by atoms with Gasteiger partial charge in [-0.05, 0) is 25.5 Å². The van der Waals surface area contributed by atoms with Crippen LogP contribution >= 0.6 is 0 Å². The molecule has 0 spiro atoms. The quantitative estimate of drug-likeness (QED) is 0.459. The van der Waals surface area contributed by atoms with Crippen LogP contribution in [0.2, 0.25) is 0 Å². The van der Waals surface area contributed by atoms with Gasteiger partial charge < -0.3 is 5.32 Å². The van der Waals surface area contributed by atoms with E-state index < -0.39 is 4.92 Å². The van der Waals surface area contributed by atoms with Gasteiger partial charge in [-0.25, -0.2) is 0 Å². The third-order valence-electron chi connectivity index (χ3n) is 2.97. The van der Waals surface area contributed by atoms with Crippen LogP contribution in [0.25, 0.3) is 0 Å². The number of nitriles is 1. The molecule has 0 bridgehead atoms. The molecule has 0 radical (unpaired) electrons. The van der Waals surface area contributed by atoms with Crippen molar-refractivity contribution in [3.8, 4) is 6.07 Å².